The van der Waals surface area contributed by atoms with Crippen molar-refractivity contribution in [2.45, 2.75) is 51.3 Å². The molecular weight excluding hydrogens is 470 g/mol. The van der Waals surface area contributed by atoms with Gasteiger partial charge >= 0.3 is 11.8 Å². The molecule has 2 saturated heterocycles. The first-order valence-electron chi connectivity index (χ1n) is 13.0. The van der Waals surface area contributed by atoms with E-state index in [9.17, 15) is 9.59 Å². The van der Waals surface area contributed by atoms with Gasteiger partial charge in [0.1, 0.15) is 0 Å². The Balaban J connectivity index is 1.28. The number of amides is 2. The molecule has 192 valence electrons. The number of nitrogens with zero attached hydrogens (tertiary/aromatic N) is 6. The number of likely N-dealkylation sites (tertiary alicyclic amines) is 1. The van der Waals surface area contributed by atoms with Crippen LogP contribution in [0.5, 0.6) is 0 Å². The Labute approximate surface area is 214 Å². The molecular formula is C27H31N7O3. The maximum absolute atomic E-state index is 13.6. The van der Waals surface area contributed by atoms with Crippen LogP contribution in [0.2, 0.25) is 0 Å². The molecule has 37 heavy (non-hydrogen) atoms. The molecule has 0 spiro atoms. The number of ether oxygens (including phenoxy) is 1. The van der Waals surface area contributed by atoms with Crippen LogP contribution in [-0.4, -0.2) is 54.4 Å². The first-order chi connectivity index (χ1) is 18.0. The minimum atomic E-state index is -0.676. The van der Waals surface area contributed by atoms with Crippen molar-refractivity contribution >= 4 is 39.3 Å². The number of carbonyl (C=O) groups excluding carboxylic acids is 2. The molecule has 10 heteroatoms. The maximum Gasteiger partial charge on any atom is 0.314 e. The highest BCUT2D eigenvalue weighted by molar-refractivity contribution is 6.40. The van der Waals surface area contributed by atoms with E-state index in [1.54, 1.807) is 32.9 Å². The average Bonchev–Trinajstić information content (AvgIpc) is 3.51. The van der Waals surface area contributed by atoms with Crippen LogP contribution in [0, 0.1) is 5.92 Å². The van der Waals surface area contributed by atoms with E-state index in [4.69, 9.17) is 4.74 Å². The van der Waals surface area contributed by atoms with Gasteiger partial charge in [-0.2, -0.15) is 10.2 Å². The molecule has 10 nitrogen and oxygen atoms in total. The lowest BCUT2D eigenvalue weighted by Crippen LogP contribution is -2.46. The van der Waals surface area contributed by atoms with Crippen molar-refractivity contribution in [1.82, 2.24) is 29.4 Å². The van der Waals surface area contributed by atoms with Crippen molar-refractivity contribution in [1.29, 1.82) is 0 Å². The molecule has 5 heterocycles. The number of aromatic nitrogens is 5. The van der Waals surface area contributed by atoms with E-state index in [2.05, 4.69) is 27.4 Å². The lowest BCUT2D eigenvalue weighted by atomic mass is 9.89. The fourth-order valence-electron chi connectivity index (χ4n) is 5.62. The van der Waals surface area contributed by atoms with Crippen molar-refractivity contribution < 1.29 is 14.3 Å². The van der Waals surface area contributed by atoms with Gasteiger partial charge < -0.3 is 15.0 Å². The third kappa shape index (κ3) is 4.46. The zero-order valence-electron chi connectivity index (χ0n) is 21.1. The summed E-state index contributed by atoms with van der Waals surface area (Å²) in [5, 5.41) is 13.7. The minimum Gasteiger partial charge on any atom is -0.356 e. The maximum atomic E-state index is 13.6. The number of anilines is 1. The van der Waals surface area contributed by atoms with Gasteiger partial charge in [-0.15, -0.1) is 0 Å². The first kappa shape index (κ1) is 23.6. The second-order valence-corrected chi connectivity index (χ2v) is 10.3. The molecule has 0 saturated carbocycles. The van der Waals surface area contributed by atoms with Crippen molar-refractivity contribution in [2.24, 2.45) is 13.0 Å². The largest absolute Gasteiger partial charge is 0.356 e. The topological polar surface area (TPSA) is 107 Å². The zero-order valence-corrected chi connectivity index (χ0v) is 21.1. The standard InChI is InChI=1S/C27H31N7O3/c1-17-6-9-23(18-7-8-19-16-32(2)31-21(19)11-18)33(15-17)27(36)26(35)30-22-14-28-12-20-13-29-34(25(20)22)24-5-3-4-10-37-24/h7-8,11-14,16-17,23-24H,3-6,9-10,15H2,1-2H3,(H,30,35). The third-order valence-electron chi connectivity index (χ3n) is 7.48. The molecule has 3 unspecified atom stereocenters. The van der Waals surface area contributed by atoms with Gasteiger partial charge in [-0.05, 0) is 49.7 Å². The molecule has 2 aliphatic heterocycles. The summed E-state index contributed by atoms with van der Waals surface area (Å²) in [4.78, 5) is 32.9. The predicted molar refractivity (Wildman–Crippen MR) is 139 cm³/mol. The molecule has 0 aliphatic carbocycles. The van der Waals surface area contributed by atoms with Crippen LogP contribution in [0.3, 0.4) is 0 Å². The number of carbonyl (C=O) groups is 2. The summed E-state index contributed by atoms with van der Waals surface area (Å²) in [6.45, 7) is 3.31. The number of pyridine rings is 1. The monoisotopic (exact) mass is 501 g/mol. The lowest BCUT2D eigenvalue weighted by Gasteiger charge is -2.38. The van der Waals surface area contributed by atoms with E-state index < -0.39 is 11.8 Å². The predicted octanol–water partition coefficient (Wildman–Crippen LogP) is 3.96. The van der Waals surface area contributed by atoms with Gasteiger partial charge in [0.05, 0.1) is 35.2 Å². The van der Waals surface area contributed by atoms with Crippen LogP contribution in [0.25, 0.3) is 21.8 Å². The number of benzene rings is 1. The third-order valence-corrected chi connectivity index (χ3v) is 7.48. The van der Waals surface area contributed by atoms with E-state index in [0.29, 0.717) is 30.3 Å². The Hall–Kier alpha value is -3.79. The molecule has 2 fully saturated rings. The molecule has 6 rings (SSSR count). The number of rotatable bonds is 3. The van der Waals surface area contributed by atoms with E-state index >= 15 is 0 Å². The van der Waals surface area contributed by atoms with Gasteiger partial charge in [0.25, 0.3) is 0 Å². The van der Waals surface area contributed by atoms with E-state index in [0.717, 1.165) is 54.0 Å². The van der Waals surface area contributed by atoms with Crippen LogP contribution in [-0.2, 0) is 21.4 Å². The highest BCUT2D eigenvalue weighted by Crippen LogP contribution is 2.35. The van der Waals surface area contributed by atoms with Crippen LogP contribution >= 0.6 is 0 Å². The number of hydrogen-bond acceptors (Lipinski definition) is 6. The minimum absolute atomic E-state index is 0.184. The summed E-state index contributed by atoms with van der Waals surface area (Å²) < 4.78 is 9.50. The molecule has 2 amide bonds. The van der Waals surface area contributed by atoms with Crippen LogP contribution in [0.1, 0.15) is 56.9 Å². The Morgan fingerprint density at radius 2 is 1.97 bits per heavy atom. The Kier molecular flexibility index (Phi) is 6.11. The van der Waals surface area contributed by atoms with Crippen molar-refractivity contribution in [3.8, 4) is 0 Å². The molecule has 0 radical (unpaired) electrons. The highest BCUT2D eigenvalue weighted by Gasteiger charge is 2.35. The molecule has 2 aliphatic rings. The number of nitrogens with one attached hydrogen (secondary N) is 1. The van der Waals surface area contributed by atoms with Crippen LogP contribution in [0.15, 0.2) is 43.0 Å². The molecule has 4 aromatic rings. The summed E-state index contributed by atoms with van der Waals surface area (Å²) in [5.74, 6) is -0.916. The number of fused-ring (bicyclic) bond motifs is 2. The fraction of sp³-hybridized carbons (Fsp3) is 0.444. The molecule has 1 aromatic carbocycles. The second kappa shape index (κ2) is 9.59. The lowest BCUT2D eigenvalue weighted by molar-refractivity contribution is -0.146. The van der Waals surface area contributed by atoms with Gasteiger partial charge in [-0.25, -0.2) is 4.68 Å². The smallest absolute Gasteiger partial charge is 0.314 e. The van der Waals surface area contributed by atoms with Gasteiger partial charge in [-0.3, -0.25) is 19.3 Å². The summed E-state index contributed by atoms with van der Waals surface area (Å²) in [5.41, 5.74) is 3.05. The van der Waals surface area contributed by atoms with Gasteiger partial charge in [0.2, 0.25) is 0 Å². The summed E-state index contributed by atoms with van der Waals surface area (Å²) >= 11 is 0. The Morgan fingerprint density at radius 1 is 1.08 bits per heavy atom. The SMILES string of the molecule is CC1CCC(c2ccc3cn(C)nc3c2)N(C(=O)C(=O)Nc2cncc3cnn(C4CCCCO4)c23)C1. The van der Waals surface area contributed by atoms with E-state index in [1.807, 2.05) is 31.4 Å². The fourth-order valence-corrected chi connectivity index (χ4v) is 5.62. The average molecular weight is 502 g/mol. The number of piperidine rings is 1. The summed E-state index contributed by atoms with van der Waals surface area (Å²) in [6, 6.07) is 5.91. The van der Waals surface area contributed by atoms with Crippen molar-refractivity contribution in [2.75, 3.05) is 18.5 Å². The van der Waals surface area contributed by atoms with Gasteiger partial charge in [0.15, 0.2) is 6.23 Å². The van der Waals surface area contributed by atoms with Crippen molar-refractivity contribution in [3.63, 3.8) is 0 Å². The van der Waals surface area contributed by atoms with Crippen molar-refractivity contribution in [3.05, 3.63) is 48.5 Å². The molecule has 1 N–H and O–H groups in total. The normalized spacial score (nSPS) is 22.4. The molecule has 3 atom stereocenters. The second-order valence-electron chi connectivity index (χ2n) is 10.3. The zero-order chi connectivity index (χ0) is 25.5. The number of hydrogen-bond donors (Lipinski definition) is 1. The number of aryl methyl sites for hydroxylation is 1. The highest BCUT2D eigenvalue weighted by atomic mass is 16.5. The Bertz CT molecular complexity index is 1470. The summed E-state index contributed by atoms with van der Waals surface area (Å²) in [6.07, 6.45) is 11.5. The molecule has 3 aromatic heterocycles. The Morgan fingerprint density at radius 3 is 2.81 bits per heavy atom. The quantitative estimate of drug-likeness (QED) is 0.426. The van der Waals surface area contributed by atoms with E-state index in [1.165, 1.54) is 0 Å². The van der Waals surface area contributed by atoms with E-state index in [-0.39, 0.29) is 12.3 Å². The van der Waals surface area contributed by atoms with Gasteiger partial charge in [0, 0.05) is 43.4 Å². The van der Waals surface area contributed by atoms with Crippen LogP contribution < -0.4 is 5.32 Å². The molecule has 0 bridgehead atoms. The first-order valence-corrected chi connectivity index (χ1v) is 13.0. The van der Waals surface area contributed by atoms with Crippen LogP contribution in [0.4, 0.5) is 5.69 Å². The van der Waals surface area contributed by atoms with Gasteiger partial charge in [-0.1, -0.05) is 19.1 Å². The summed E-state index contributed by atoms with van der Waals surface area (Å²) in [7, 11) is 1.89.